The van der Waals surface area contributed by atoms with Crippen LogP contribution in [-0.4, -0.2) is 37.3 Å². The normalized spacial score (nSPS) is 14.1. The molecule has 7 heteroatoms. The van der Waals surface area contributed by atoms with E-state index in [4.69, 9.17) is 9.47 Å². The Labute approximate surface area is 181 Å². The quantitative estimate of drug-likeness (QED) is 0.730. The van der Waals surface area contributed by atoms with Crippen molar-refractivity contribution < 1.29 is 23.5 Å². The first-order chi connectivity index (χ1) is 14.8. The molecule has 1 aliphatic heterocycles. The van der Waals surface area contributed by atoms with Crippen LogP contribution in [0.5, 0.6) is 5.75 Å². The number of hydrogen-bond acceptors (Lipinski definition) is 4. The molecule has 0 spiro atoms. The molecule has 0 fully saturated rings. The zero-order valence-electron chi connectivity index (χ0n) is 18.0. The molecule has 2 amide bonds. The highest BCUT2D eigenvalue weighted by Crippen LogP contribution is 2.27. The second kappa shape index (κ2) is 9.64. The van der Waals surface area contributed by atoms with E-state index in [1.807, 2.05) is 36.4 Å². The molecule has 31 heavy (non-hydrogen) atoms. The van der Waals surface area contributed by atoms with Crippen LogP contribution in [-0.2, 0) is 11.2 Å². The second-order valence-corrected chi connectivity index (χ2v) is 8.27. The maximum Gasteiger partial charge on any atom is 0.407 e. The number of benzene rings is 2. The van der Waals surface area contributed by atoms with Gasteiger partial charge < -0.3 is 19.7 Å². The maximum atomic E-state index is 13.2. The van der Waals surface area contributed by atoms with Crippen molar-refractivity contribution in [3.05, 3.63) is 71.6 Å². The highest BCUT2D eigenvalue weighted by atomic mass is 19.1. The summed E-state index contributed by atoms with van der Waals surface area (Å²) in [5.41, 5.74) is 2.03. The monoisotopic (exact) mass is 426 g/mol. The number of carbonyl (C=O) groups is 2. The van der Waals surface area contributed by atoms with Crippen LogP contribution in [0.4, 0.5) is 14.9 Å². The number of ether oxygens (including phenoxy) is 2. The Morgan fingerprint density at radius 1 is 1.19 bits per heavy atom. The summed E-state index contributed by atoms with van der Waals surface area (Å²) in [4.78, 5) is 26.3. The van der Waals surface area contributed by atoms with Gasteiger partial charge in [0, 0.05) is 29.9 Å². The first-order valence-corrected chi connectivity index (χ1v) is 10.1. The predicted molar refractivity (Wildman–Crippen MR) is 117 cm³/mol. The molecule has 0 radical (unpaired) electrons. The molecule has 2 aromatic carbocycles. The van der Waals surface area contributed by atoms with Gasteiger partial charge in [0.1, 0.15) is 18.0 Å². The van der Waals surface area contributed by atoms with E-state index in [2.05, 4.69) is 5.32 Å². The van der Waals surface area contributed by atoms with Crippen molar-refractivity contribution in [3.63, 3.8) is 0 Å². The number of halogens is 1. The van der Waals surface area contributed by atoms with Crippen molar-refractivity contribution in [2.75, 3.05) is 24.6 Å². The lowest BCUT2D eigenvalue weighted by Crippen LogP contribution is -2.37. The van der Waals surface area contributed by atoms with Crippen LogP contribution in [0.25, 0.3) is 0 Å². The van der Waals surface area contributed by atoms with Crippen molar-refractivity contribution >= 4 is 17.7 Å². The van der Waals surface area contributed by atoms with E-state index >= 15 is 0 Å². The van der Waals surface area contributed by atoms with Crippen molar-refractivity contribution in [3.8, 4) is 5.75 Å². The molecule has 1 aliphatic rings. The minimum Gasteiger partial charge on any atom is -0.489 e. The van der Waals surface area contributed by atoms with Gasteiger partial charge in [0.15, 0.2) is 0 Å². The summed E-state index contributed by atoms with van der Waals surface area (Å²) in [6.07, 6.45) is 0.484. The predicted octanol–water partition coefficient (Wildman–Crippen LogP) is 4.65. The van der Waals surface area contributed by atoms with Gasteiger partial charge in [-0.05, 0) is 63.1 Å². The van der Waals surface area contributed by atoms with Gasteiger partial charge in [-0.2, -0.15) is 0 Å². The molecule has 0 aromatic heterocycles. The Kier molecular flexibility index (Phi) is 6.95. The number of hydrogen-bond donors (Lipinski definition) is 1. The summed E-state index contributed by atoms with van der Waals surface area (Å²) < 4.78 is 24.0. The van der Waals surface area contributed by atoms with Crippen molar-refractivity contribution in [1.82, 2.24) is 5.32 Å². The number of nitrogens with one attached hydrogen (secondary N) is 1. The average molecular weight is 426 g/mol. The third kappa shape index (κ3) is 6.07. The number of para-hydroxylation sites is 1. The van der Waals surface area contributed by atoms with Gasteiger partial charge in [-0.25, -0.2) is 9.18 Å². The molecule has 6 nitrogen and oxygen atoms in total. The Balaban J connectivity index is 1.58. The van der Waals surface area contributed by atoms with Crippen LogP contribution in [0, 0.1) is 0 Å². The average Bonchev–Trinajstić information content (AvgIpc) is 2.73. The molecule has 1 heterocycles. The second-order valence-electron chi connectivity index (χ2n) is 8.27. The lowest BCUT2D eigenvalue weighted by Gasteiger charge is -2.29. The molecular formula is C24H27FN2O4. The fourth-order valence-electron chi connectivity index (χ4n) is 3.21. The van der Waals surface area contributed by atoms with Gasteiger partial charge in [-0.15, -0.1) is 0 Å². The molecule has 164 valence electrons. The molecule has 0 atom stereocenters. The fraction of sp³-hybridized carbons (Fsp3) is 0.333. The number of anilines is 1. The van der Waals surface area contributed by atoms with Crippen molar-refractivity contribution in [2.45, 2.75) is 32.8 Å². The first-order valence-electron chi connectivity index (χ1n) is 10.1. The van der Waals surface area contributed by atoms with Gasteiger partial charge in [0.2, 0.25) is 0 Å². The number of alkyl carbamates (subject to hydrolysis) is 1. The van der Waals surface area contributed by atoms with Gasteiger partial charge in [-0.3, -0.25) is 4.79 Å². The van der Waals surface area contributed by atoms with Crippen molar-refractivity contribution in [1.29, 1.82) is 0 Å². The number of nitrogens with zero attached hydrogens (tertiary/aromatic N) is 1. The molecule has 3 rings (SSSR count). The minimum atomic E-state index is -0.628. The highest BCUT2D eigenvalue weighted by molar-refractivity contribution is 6.08. The third-order valence-corrected chi connectivity index (χ3v) is 4.66. The molecule has 0 unspecified atom stereocenters. The zero-order chi connectivity index (χ0) is 22.4. The summed E-state index contributed by atoms with van der Waals surface area (Å²) in [7, 11) is 0. The van der Waals surface area contributed by atoms with Crippen LogP contribution in [0.15, 0.2) is 60.4 Å². The van der Waals surface area contributed by atoms with E-state index in [0.29, 0.717) is 30.6 Å². The lowest BCUT2D eigenvalue weighted by molar-refractivity contribution is 0.0531. The summed E-state index contributed by atoms with van der Waals surface area (Å²) in [5, 5.41) is 2.50. The van der Waals surface area contributed by atoms with E-state index < -0.39 is 11.7 Å². The Hall–Kier alpha value is -3.35. The van der Waals surface area contributed by atoms with Crippen LogP contribution < -0.4 is 15.0 Å². The molecule has 2 aromatic rings. The molecule has 0 saturated heterocycles. The largest absolute Gasteiger partial charge is 0.489 e. The SMILES string of the molecule is CC(C)(C)OC(=O)NC/C(=C\F)COc1ccc2c(c1)CCN(c1ccccc1)C2=O. The Morgan fingerprint density at radius 2 is 1.94 bits per heavy atom. The van der Waals surface area contributed by atoms with Gasteiger partial charge >= 0.3 is 6.09 Å². The zero-order valence-corrected chi connectivity index (χ0v) is 18.0. The number of fused-ring (bicyclic) bond motifs is 1. The van der Waals surface area contributed by atoms with Crippen molar-refractivity contribution in [2.24, 2.45) is 0 Å². The summed E-state index contributed by atoms with van der Waals surface area (Å²) in [6.45, 7) is 5.77. The van der Waals surface area contributed by atoms with E-state index in [-0.39, 0.29) is 24.6 Å². The van der Waals surface area contributed by atoms with Crippen LogP contribution in [0.2, 0.25) is 0 Å². The van der Waals surface area contributed by atoms with E-state index in [9.17, 15) is 14.0 Å². The third-order valence-electron chi connectivity index (χ3n) is 4.66. The van der Waals surface area contributed by atoms with Gasteiger partial charge in [-0.1, -0.05) is 18.2 Å². The highest BCUT2D eigenvalue weighted by Gasteiger charge is 2.25. The minimum absolute atomic E-state index is 0.0269. The summed E-state index contributed by atoms with van der Waals surface area (Å²) >= 11 is 0. The van der Waals surface area contributed by atoms with Crippen LogP contribution in [0.3, 0.4) is 0 Å². The van der Waals surface area contributed by atoms with Gasteiger partial charge in [0.25, 0.3) is 5.91 Å². The van der Waals surface area contributed by atoms with Crippen LogP contribution in [0.1, 0.15) is 36.7 Å². The molecule has 1 N–H and O–H groups in total. The van der Waals surface area contributed by atoms with Gasteiger partial charge in [0.05, 0.1) is 6.33 Å². The number of amides is 2. The molecule has 0 bridgehead atoms. The molecular weight excluding hydrogens is 399 g/mol. The topological polar surface area (TPSA) is 67.9 Å². The smallest absolute Gasteiger partial charge is 0.407 e. The van der Waals surface area contributed by atoms with E-state index in [0.717, 1.165) is 11.3 Å². The number of rotatable bonds is 6. The van der Waals surface area contributed by atoms with E-state index in [1.165, 1.54) is 0 Å². The lowest BCUT2D eigenvalue weighted by atomic mass is 9.98. The van der Waals surface area contributed by atoms with Crippen LogP contribution >= 0.6 is 0 Å². The number of carbonyl (C=O) groups excluding carboxylic acids is 2. The summed E-state index contributed by atoms with van der Waals surface area (Å²) in [6, 6.07) is 14.8. The molecule has 0 saturated carbocycles. The fourth-order valence-corrected chi connectivity index (χ4v) is 3.21. The van der Waals surface area contributed by atoms with E-state index in [1.54, 1.807) is 37.8 Å². The Morgan fingerprint density at radius 3 is 2.61 bits per heavy atom. The Bertz CT molecular complexity index is 967. The summed E-state index contributed by atoms with van der Waals surface area (Å²) in [5.74, 6) is 0.487. The standard InChI is InChI=1S/C24H27FN2O4/c1-24(2,3)31-23(29)26-15-17(14-25)16-30-20-9-10-21-18(13-20)11-12-27(22(21)28)19-7-5-4-6-8-19/h4-10,13-14H,11-12,15-16H2,1-3H3,(H,26,29)/b17-14+. The first kappa shape index (κ1) is 22.3. The maximum absolute atomic E-state index is 13.2. The molecule has 0 aliphatic carbocycles.